The van der Waals surface area contributed by atoms with Gasteiger partial charge in [0.25, 0.3) is 0 Å². The van der Waals surface area contributed by atoms with E-state index in [1.165, 1.54) is 0 Å². The van der Waals surface area contributed by atoms with E-state index in [2.05, 4.69) is 18.7 Å². The molecule has 0 aromatic carbocycles. The molecular weight excluding hydrogens is 180 g/mol. The van der Waals surface area contributed by atoms with Crippen LogP contribution in [0.15, 0.2) is 0 Å². The predicted octanol–water partition coefficient (Wildman–Crippen LogP) is -0.171. The summed E-state index contributed by atoms with van der Waals surface area (Å²) in [6.07, 6.45) is 0. The fourth-order valence-electron chi connectivity index (χ4n) is 2.78. The van der Waals surface area contributed by atoms with Gasteiger partial charge in [-0.3, -0.25) is 9.69 Å². The van der Waals surface area contributed by atoms with Crippen molar-refractivity contribution in [3.8, 4) is 0 Å². The molecule has 0 bridgehead atoms. The van der Waals surface area contributed by atoms with Gasteiger partial charge in [-0.25, -0.2) is 0 Å². The van der Waals surface area contributed by atoms with Crippen LogP contribution in [0.2, 0.25) is 0 Å². The molecule has 0 aliphatic carbocycles. The molecular formula is C10H18N2O2. The van der Waals surface area contributed by atoms with E-state index in [-0.39, 0.29) is 11.3 Å². The Morgan fingerprint density at radius 1 is 1.57 bits per heavy atom. The van der Waals surface area contributed by atoms with Gasteiger partial charge < -0.3 is 10.5 Å². The normalized spacial score (nSPS) is 35.9. The maximum atomic E-state index is 10.9. The number of ether oxygens (including phenoxy) is 1. The molecule has 1 amide bonds. The number of carbonyl (C=O) groups excluding carboxylic acids is 1. The molecule has 2 fully saturated rings. The summed E-state index contributed by atoms with van der Waals surface area (Å²) in [4.78, 5) is 13.1. The lowest BCUT2D eigenvalue weighted by Gasteiger charge is -2.23. The van der Waals surface area contributed by atoms with Gasteiger partial charge in [0.15, 0.2) is 0 Å². The SMILES string of the molecule is CC1(C)CN(CC(N)=O)C2COCC21. The fourth-order valence-corrected chi connectivity index (χ4v) is 2.78. The molecule has 0 saturated carbocycles. The molecule has 2 N–H and O–H groups in total. The summed E-state index contributed by atoms with van der Waals surface area (Å²) in [6, 6.07) is 0.400. The first-order valence-electron chi connectivity index (χ1n) is 5.11. The lowest BCUT2D eigenvalue weighted by Crippen LogP contribution is -2.39. The minimum Gasteiger partial charge on any atom is -0.379 e. The van der Waals surface area contributed by atoms with Gasteiger partial charge in [0.1, 0.15) is 0 Å². The highest BCUT2D eigenvalue weighted by molar-refractivity contribution is 5.76. The standard InChI is InChI=1S/C10H18N2O2/c1-10(2)6-12(3-9(11)13)8-5-14-4-7(8)10/h7-8H,3-6H2,1-2H3,(H2,11,13). The van der Waals surface area contributed by atoms with Gasteiger partial charge in [0, 0.05) is 18.5 Å². The van der Waals surface area contributed by atoms with Crippen molar-refractivity contribution in [3.63, 3.8) is 0 Å². The maximum Gasteiger partial charge on any atom is 0.231 e. The highest BCUT2D eigenvalue weighted by atomic mass is 16.5. The third-order valence-electron chi connectivity index (χ3n) is 3.49. The molecule has 2 heterocycles. The zero-order valence-corrected chi connectivity index (χ0v) is 8.82. The Kier molecular flexibility index (Phi) is 2.27. The van der Waals surface area contributed by atoms with Gasteiger partial charge in [-0.1, -0.05) is 13.8 Å². The number of hydrogen-bond donors (Lipinski definition) is 1. The summed E-state index contributed by atoms with van der Waals surface area (Å²) in [6.45, 7) is 7.37. The first-order valence-corrected chi connectivity index (χ1v) is 5.11. The Morgan fingerprint density at radius 2 is 2.29 bits per heavy atom. The summed E-state index contributed by atoms with van der Waals surface area (Å²) >= 11 is 0. The van der Waals surface area contributed by atoms with Crippen molar-refractivity contribution < 1.29 is 9.53 Å². The first-order chi connectivity index (χ1) is 6.50. The van der Waals surface area contributed by atoms with Crippen LogP contribution in [0.4, 0.5) is 0 Å². The molecule has 14 heavy (non-hydrogen) atoms. The molecule has 0 radical (unpaired) electrons. The number of carbonyl (C=O) groups is 1. The summed E-state index contributed by atoms with van der Waals surface area (Å²) in [7, 11) is 0. The van der Waals surface area contributed by atoms with Gasteiger partial charge >= 0.3 is 0 Å². The van der Waals surface area contributed by atoms with Crippen LogP contribution in [-0.4, -0.2) is 43.2 Å². The van der Waals surface area contributed by atoms with E-state index in [9.17, 15) is 4.79 Å². The van der Waals surface area contributed by atoms with Gasteiger partial charge in [0.05, 0.1) is 19.8 Å². The quantitative estimate of drug-likeness (QED) is 0.670. The van der Waals surface area contributed by atoms with E-state index < -0.39 is 0 Å². The second-order valence-electron chi connectivity index (χ2n) is 5.07. The highest BCUT2D eigenvalue weighted by Gasteiger charge is 2.49. The van der Waals surface area contributed by atoms with Crippen molar-refractivity contribution >= 4 is 5.91 Å². The van der Waals surface area contributed by atoms with Crippen LogP contribution < -0.4 is 5.73 Å². The summed E-state index contributed by atoms with van der Waals surface area (Å²) in [5.74, 6) is 0.315. The summed E-state index contributed by atoms with van der Waals surface area (Å²) in [5.41, 5.74) is 5.47. The van der Waals surface area contributed by atoms with Crippen LogP contribution in [0, 0.1) is 11.3 Å². The molecule has 0 spiro atoms. The van der Waals surface area contributed by atoms with Crippen molar-refractivity contribution in [1.29, 1.82) is 0 Å². The van der Waals surface area contributed by atoms with Crippen LogP contribution in [0.5, 0.6) is 0 Å². The second-order valence-corrected chi connectivity index (χ2v) is 5.07. The Bertz CT molecular complexity index is 253. The average molecular weight is 198 g/mol. The molecule has 4 heteroatoms. The molecule has 2 aliphatic rings. The number of rotatable bonds is 2. The summed E-state index contributed by atoms with van der Waals surface area (Å²) < 4.78 is 5.47. The van der Waals surface area contributed by atoms with E-state index >= 15 is 0 Å². The number of likely N-dealkylation sites (tertiary alicyclic amines) is 1. The van der Waals surface area contributed by atoms with Crippen LogP contribution >= 0.6 is 0 Å². The Balaban J connectivity index is 2.10. The minimum atomic E-state index is -0.242. The molecule has 2 atom stereocenters. The number of fused-ring (bicyclic) bond motifs is 1. The predicted molar refractivity (Wildman–Crippen MR) is 52.6 cm³/mol. The highest BCUT2D eigenvalue weighted by Crippen LogP contribution is 2.42. The van der Waals surface area contributed by atoms with E-state index in [1.807, 2.05) is 0 Å². The van der Waals surface area contributed by atoms with Crippen molar-refractivity contribution in [2.24, 2.45) is 17.1 Å². The third kappa shape index (κ3) is 1.53. The minimum absolute atomic E-state index is 0.242. The maximum absolute atomic E-state index is 10.9. The molecule has 2 rings (SSSR count). The molecule has 0 aromatic rings. The van der Waals surface area contributed by atoms with Gasteiger partial charge in [-0.05, 0) is 5.41 Å². The zero-order chi connectivity index (χ0) is 10.3. The van der Waals surface area contributed by atoms with E-state index in [4.69, 9.17) is 10.5 Å². The average Bonchev–Trinajstić information content (AvgIpc) is 2.55. The van der Waals surface area contributed by atoms with Gasteiger partial charge in [-0.2, -0.15) is 0 Å². The number of nitrogens with zero attached hydrogens (tertiary/aromatic N) is 1. The first kappa shape index (κ1) is 9.93. The fraction of sp³-hybridized carbons (Fsp3) is 0.900. The lowest BCUT2D eigenvalue weighted by molar-refractivity contribution is -0.119. The molecule has 2 unspecified atom stereocenters. The number of hydrogen-bond acceptors (Lipinski definition) is 3. The largest absolute Gasteiger partial charge is 0.379 e. The molecule has 4 nitrogen and oxygen atoms in total. The molecule has 80 valence electrons. The monoisotopic (exact) mass is 198 g/mol. The van der Waals surface area contributed by atoms with Crippen LogP contribution in [-0.2, 0) is 9.53 Å². The Hall–Kier alpha value is -0.610. The Morgan fingerprint density at radius 3 is 2.93 bits per heavy atom. The zero-order valence-electron chi connectivity index (χ0n) is 8.82. The summed E-state index contributed by atoms with van der Waals surface area (Å²) in [5, 5.41) is 0. The van der Waals surface area contributed by atoms with Crippen molar-refractivity contribution in [2.45, 2.75) is 19.9 Å². The number of nitrogens with two attached hydrogens (primary N) is 1. The van der Waals surface area contributed by atoms with Crippen LogP contribution in [0.3, 0.4) is 0 Å². The topological polar surface area (TPSA) is 55.6 Å². The van der Waals surface area contributed by atoms with E-state index in [0.717, 1.165) is 19.8 Å². The van der Waals surface area contributed by atoms with Crippen LogP contribution in [0.1, 0.15) is 13.8 Å². The van der Waals surface area contributed by atoms with Gasteiger partial charge in [0.2, 0.25) is 5.91 Å². The lowest BCUT2D eigenvalue weighted by atomic mass is 9.80. The van der Waals surface area contributed by atoms with E-state index in [0.29, 0.717) is 18.5 Å². The number of primary amides is 1. The van der Waals surface area contributed by atoms with Crippen molar-refractivity contribution in [3.05, 3.63) is 0 Å². The Labute approximate surface area is 84.4 Å². The third-order valence-corrected chi connectivity index (χ3v) is 3.49. The van der Waals surface area contributed by atoms with E-state index in [1.54, 1.807) is 0 Å². The van der Waals surface area contributed by atoms with Crippen molar-refractivity contribution in [2.75, 3.05) is 26.3 Å². The second kappa shape index (κ2) is 3.21. The molecule has 2 aliphatic heterocycles. The smallest absolute Gasteiger partial charge is 0.231 e. The van der Waals surface area contributed by atoms with Crippen molar-refractivity contribution in [1.82, 2.24) is 4.90 Å². The van der Waals surface area contributed by atoms with Crippen LogP contribution in [0.25, 0.3) is 0 Å². The van der Waals surface area contributed by atoms with Gasteiger partial charge in [-0.15, -0.1) is 0 Å². The molecule has 2 saturated heterocycles. The molecule has 0 aromatic heterocycles. The number of amides is 1.